The highest BCUT2D eigenvalue weighted by atomic mass is 35.5. The molecule has 6 aliphatic heterocycles. The molecule has 31 nitrogen and oxygen atoms in total. The number of aliphatic hydroxyl groups excluding tert-OH is 9. The minimum absolute atomic E-state index is 0.00448. The molecule has 0 spiro atoms. The molecule has 114 heavy (non-hydrogen) atoms. The van der Waals surface area contributed by atoms with Crippen LogP contribution >= 0.6 is 23.2 Å². The maximum atomic E-state index is 16.5. The number of benzene rings is 1. The van der Waals surface area contributed by atoms with Gasteiger partial charge < -0.3 is 118 Å². The lowest BCUT2D eigenvalue weighted by Crippen LogP contribution is -2.68. The Morgan fingerprint density at radius 3 is 1.79 bits per heavy atom. The Kier molecular flexibility index (Phi) is 30.1. The summed E-state index contributed by atoms with van der Waals surface area (Å²) in [6.07, 6.45) is -5.38. The van der Waals surface area contributed by atoms with Crippen molar-refractivity contribution in [3.63, 3.8) is 0 Å². The number of unbranched alkanes of at least 4 members (excludes halogenated alkanes) is 8. The second kappa shape index (κ2) is 39.1. The predicted octanol–water partition coefficient (Wildman–Crippen LogP) is 0.841. The molecule has 6 heterocycles. The van der Waals surface area contributed by atoms with Gasteiger partial charge in [0.05, 0.1) is 60.3 Å². The molecule has 20 N–H and O–H groups in total. The van der Waals surface area contributed by atoms with Crippen molar-refractivity contribution in [3.05, 3.63) is 17.7 Å². The fourth-order valence-electron chi connectivity index (χ4n) is 21.5. The van der Waals surface area contributed by atoms with Crippen LogP contribution in [0.3, 0.4) is 0 Å². The highest BCUT2D eigenvalue weighted by molar-refractivity contribution is 6.21. The van der Waals surface area contributed by atoms with Crippen molar-refractivity contribution in [1.29, 1.82) is 0 Å². The topological polar surface area (TPSA) is 490 Å². The lowest BCUT2D eigenvalue weighted by molar-refractivity contribution is -0.278. The van der Waals surface area contributed by atoms with Gasteiger partial charge in [-0.25, -0.2) is 0 Å². The molecule has 33 heteroatoms. The van der Waals surface area contributed by atoms with E-state index in [0.29, 0.717) is 18.4 Å². The van der Waals surface area contributed by atoms with Crippen molar-refractivity contribution in [3.8, 4) is 17.2 Å². The van der Waals surface area contributed by atoms with E-state index in [-0.39, 0.29) is 118 Å². The van der Waals surface area contributed by atoms with Crippen LogP contribution in [0.4, 0.5) is 0 Å². The first-order valence-electron chi connectivity index (χ1n) is 42.5. The van der Waals surface area contributed by atoms with Crippen LogP contribution in [0.1, 0.15) is 199 Å². The molecule has 1 aromatic rings. The van der Waals surface area contributed by atoms with Gasteiger partial charge in [0.25, 0.3) is 0 Å². The van der Waals surface area contributed by atoms with Gasteiger partial charge >= 0.3 is 0 Å². The Morgan fingerprint density at radius 2 is 1.19 bits per heavy atom. The molecule has 15 rings (SSSR count). The zero-order valence-corrected chi connectivity index (χ0v) is 67.6. The molecule has 8 amide bonds. The van der Waals surface area contributed by atoms with E-state index in [2.05, 4.69) is 54.8 Å². The second-order valence-electron chi connectivity index (χ2n) is 35.7. The summed E-state index contributed by atoms with van der Waals surface area (Å²) in [7, 11) is 1.54. The van der Waals surface area contributed by atoms with E-state index in [1.54, 1.807) is 7.05 Å². The van der Waals surface area contributed by atoms with Crippen LogP contribution in [0.5, 0.6) is 17.2 Å². The number of halogens is 2. The number of aliphatic hydroxyl groups is 9. The van der Waals surface area contributed by atoms with Crippen LogP contribution < -0.4 is 67.8 Å². The van der Waals surface area contributed by atoms with Gasteiger partial charge in [-0.1, -0.05) is 72.1 Å². The first-order chi connectivity index (χ1) is 54.5. The van der Waals surface area contributed by atoms with E-state index in [1.807, 2.05) is 13.8 Å². The summed E-state index contributed by atoms with van der Waals surface area (Å²) in [6, 6.07) is -9.83. The summed E-state index contributed by atoms with van der Waals surface area (Å²) in [5.74, 6) is -14.7. The number of carbonyl (C=O) groups is 8. The largest absolute Gasteiger partial charge is 0.485 e. The molecule has 1 aromatic carbocycles. The number of nitrogens with one attached hydrogen (secondary N) is 9. The van der Waals surface area contributed by atoms with Gasteiger partial charge in [-0.3, -0.25) is 38.4 Å². The summed E-state index contributed by atoms with van der Waals surface area (Å²) >= 11 is 14.8. The van der Waals surface area contributed by atoms with Crippen molar-refractivity contribution in [2.45, 2.75) is 320 Å². The van der Waals surface area contributed by atoms with Gasteiger partial charge in [-0.15, -0.1) is 23.2 Å². The number of carbonyl (C=O) groups excluding carboxylic acids is 8. The summed E-state index contributed by atoms with van der Waals surface area (Å²) in [5, 5.41) is 133. The molecule has 28 atom stereocenters. The van der Waals surface area contributed by atoms with E-state index >= 15 is 28.8 Å². The lowest BCUT2D eigenvalue weighted by Gasteiger charge is -2.55. The van der Waals surface area contributed by atoms with Gasteiger partial charge in [0.1, 0.15) is 72.9 Å². The number of amides is 8. The number of fused-ring (bicyclic) bond motifs is 15. The Labute approximate surface area is 677 Å². The molecule has 640 valence electrons. The first kappa shape index (κ1) is 87.8. The number of nitrogens with two attached hydrogens (primary N) is 1. The smallest absolute Gasteiger partial charge is 0.247 e. The molecule has 0 radical (unpaired) electrons. The quantitative estimate of drug-likeness (QED) is 0.0504. The predicted molar refractivity (Wildman–Crippen MR) is 415 cm³/mol. The molecule has 2 saturated heterocycles. The van der Waals surface area contributed by atoms with Gasteiger partial charge in [-0.05, 0) is 206 Å². The lowest BCUT2D eigenvalue weighted by atomic mass is 9.54. The number of hydrogen-bond donors (Lipinski definition) is 19. The van der Waals surface area contributed by atoms with Crippen LogP contribution in [0.15, 0.2) is 12.1 Å². The molecule has 8 aliphatic carbocycles. The van der Waals surface area contributed by atoms with Crippen molar-refractivity contribution in [2.24, 2.45) is 76.7 Å². The zero-order valence-electron chi connectivity index (χ0n) is 66.0. The fraction of sp³-hybridized carbons (Fsp3) is 0.827. The average molecular weight is 1650 g/mol. The summed E-state index contributed by atoms with van der Waals surface area (Å²) in [4.78, 5) is 123. The molecule has 6 unspecified atom stereocenters. The van der Waals surface area contributed by atoms with Crippen molar-refractivity contribution in [1.82, 2.24) is 47.9 Å². The maximum Gasteiger partial charge on any atom is 0.247 e. The van der Waals surface area contributed by atoms with Crippen LogP contribution in [0, 0.1) is 71.0 Å². The second-order valence-corrected chi connectivity index (χ2v) is 36.8. The van der Waals surface area contributed by atoms with Crippen LogP contribution in [-0.4, -0.2) is 246 Å². The summed E-state index contributed by atoms with van der Waals surface area (Å²) < 4.78 is 26.3. The van der Waals surface area contributed by atoms with Crippen molar-refractivity contribution < 1.29 is 103 Å². The standard InChI is InChI=1S/C81H126Cl2N10O21/c1-5-6-7-8-9-10-11-12-13-20-86-34-47-53(96)32-46-60(69(47)100)45-27-39(14-17-52(45)95)62-76(106)93-66(80(110)91-64(46)78(108)88-61-42-23-37-22-38(25-42)26-43(61)24-37)68(99)41-16-19-55(49(83)29-41)112-57-31-44-30-56(73(57)114-81-72(103)71(102)70(101)58(35-94)113-81)111-54-18-15-40(28-48(54)82)67(98)65(92-74(104)50(85-4)21-36(2)3)79(109)87-51(33-59(84)97)75(105)89-63(44)77(107)90-62/h30-31,36-43,45-55,58,60-72,81,85-86,94-96,98-103H,5-29,32-35H2,1-4H3,(H2,84,97)(H,87,109)(H,88,108)(H,89,105)(H,90,107)(H,91,110)(H,92,104)(H,93,106)/t37?,38?,39-,40-,41-,42?,43?,45?,46?,47?,48+,49?,50+,51-,52+,53?,54+,55+,58+,60?,61?,62+,63+,64-,65+,66-,67+,68+,69-,70+,71-,72+,81-/m0/s1. The Balaban J connectivity index is 0.970. The van der Waals surface area contributed by atoms with E-state index in [4.69, 9.17) is 47.9 Å². The van der Waals surface area contributed by atoms with Crippen molar-refractivity contribution >= 4 is 70.5 Å². The average Bonchev–Trinajstić information content (AvgIpc) is 0.753. The molecular weight excluding hydrogens is 1520 g/mol. The number of primary amides is 1. The monoisotopic (exact) mass is 1640 g/mol. The highest BCUT2D eigenvalue weighted by Gasteiger charge is 2.58. The van der Waals surface area contributed by atoms with Gasteiger partial charge in [0.2, 0.25) is 59.3 Å². The zero-order chi connectivity index (χ0) is 81.7. The van der Waals surface area contributed by atoms with Gasteiger partial charge in [-0.2, -0.15) is 0 Å². The Morgan fingerprint density at radius 1 is 0.596 bits per heavy atom. The molecule has 15 bridgehead atoms. The Hall–Kier alpha value is -5.52. The number of rotatable bonds is 24. The highest BCUT2D eigenvalue weighted by Crippen LogP contribution is 2.55. The fourth-order valence-corrected chi connectivity index (χ4v) is 22.3. The van der Waals surface area contributed by atoms with E-state index in [9.17, 15) is 55.5 Å². The minimum atomic E-state index is -2.12. The number of alkyl halides is 2. The molecular formula is C81H126Cl2N10O21. The third kappa shape index (κ3) is 20.1. The first-order valence-corrected chi connectivity index (χ1v) is 43.4. The van der Waals surface area contributed by atoms with E-state index in [1.165, 1.54) is 37.8 Å². The third-order valence-corrected chi connectivity index (χ3v) is 28.4. The molecule has 10 fully saturated rings. The molecule has 14 aliphatic rings. The molecule has 8 saturated carbocycles. The normalized spacial score (nSPS) is 40.6. The van der Waals surface area contributed by atoms with Crippen molar-refractivity contribution in [2.75, 3.05) is 26.7 Å². The van der Waals surface area contributed by atoms with Gasteiger partial charge in [0, 0.05) is 18.5 Å². The third-order valence-electron chi connectivity index (χ3n) is 27.5. The van der Waals surface area contributed by atoms with Crippen LogP contribution in [0.2, 0.25) is 0 Å². The van der Waals surface area contributed by atoms with Gasteiger partial charge in [0.15, 0.2) is 11.5 Å². The van der Waals surface area contributed by atoms with E-state index < -0.39 is 234 Å². The number of likely N-dealkylation sites (N-methyl/N-ethyl adjacent to an activating group) is 1. The molecule has 0 aromatic heterocycles. The summed E-state index contributed by atoms with van der Waals surface area (Å²) in [6.45, 7) is 5.79. The SMILES string of the molecule is CCCCCCCCCCCNCC1C(O)CC2C(C3C[C@H](CC[C@H]3O)[C@H]3NC(=O)[C@@H]4NC(=O)[C@H](CC(N)=O)NC(=O)[C@H](NC(=O)[C@@H](CC(C)C)NC)[C@H](O)[C@H]5CC[C@@H](Oc6cc4cc(c6O[C@@H]4O[C@H](CO)[C@@H](O)[C@H](O)[C@H]4O)O[C@@H]4CC[C@@H](CC4Cl)[C@@H](O)[C@H](NC3=O)C(=O)N[C@@H]2C(=O)NC2C3CC4CC(C3)CC2C4)[C@H](Cl)C5)[C@H]1O. The number of ether oxygens (including phenoxy) is 4. The summed E-state index contributed by atoms with van der Waals surface area (Å²) in [5.41, 5.74) is 5.63. The van der Waals surface area contributed by atoms with Crippen LogP contribution in [0.25, 0.3) is 0 Å². The van der Waals surface area contributed by atoms with E-state index in [0.717, 1.165) is 64.2 Å². The number of hydrogen-bond acceptors (Lipinski definition) is 23. The minimum Gasteiger partial charge on any atom is -0.485 e. The Bertz CT molecular complexity index is 3470. The maximum absolute atomic E-state index is 16.5. The van der Waals surface area contributed by atoms with Crippen LogP contribution in [-0.2, 0) is 43.1 Å².